The lowest BCUT2D eigenvalue weighted by Crippen LogP contribution is -2.30. The zero-order valence-corrected chi connectivity index (χ0v) is 8.23. The number of hydrogen-bond donors (Lipinski definition) is 1. The van der Waals surface area contributed by atoms with E-state index < -0.39 is 21.9 Å². The number of aryl methyl sites for hydroxylation is 1. The molecular formula is C8H11N3O4. The molecule has 0 fully saturated rings. The standard InChI is InChI=1S/C8H11N3O4/c1-2-3-4-10-5-6(11(14)15)7(12)9-8(10)13/h5H,2-4H2,1H3,(H,9,12,13). The molecule has 0 atom stereocenters. The Hall–Kier alpha value is -1.92. The van der Waals surface area contributed by atoms with Crippen molar-refractivity contribution in [2.75, 3.05) is 0 Å². The number of aromatic amines is 1. The van der Waals surface area contributed by atoms with Crippen LogP contribution in [0.5, 0.6) is 0 Å². The van der Waals surface area contributed by atoms with Crippen molar-refractivity contribution >= 4 is 5.69 Å². The third-order valence-corrected chi connectivity index (χ3v) is 1.94. The largest absolute Gasteiger partial charge is 0.350 e. The first-order chi connectivity index (χ1) is 7.06. The van der Waals surface area contributed by atoms with E-state index in [2.05, 4.69) is 0 Å². The molecule has 1 aromatic rings. The van der Waals surface area contributed by atoms with Gasteiger partial charge in [0.1, 0.15) is 0 Å². The number of rotatable bonds is 4. The molecule has 0 spiro atoms. The monoisotopic (exact) mass is 213 g/mol. The molecule has 0 amide bonds. The predicted molar refractivity (Wildman–Crippen MR) is 52.9 cm³/mol. The van der Waals surface area contributed by atoms with Crippen LogP contribution >= 0.6 is 0 Å². The van der Waals surface area contributed by atoms with Crippen molar-refractivity contribution in [3.8, 4) is 0 Å². The van der Waals surface area contributed by atoms with Crippen molar-refractivity contribution in [2.45, 2.75) is 26.3 Å². The van der Waals surface area contributed by atoms with Crippen molar-refractivity contribution in [2.24, 2.45) is 0 Å². The van der Waals surface area contributed by atoms with Gasteiger partial charge in [-0.25, -0.2) is 4.79 Å². The van der Waals surface area contributed by atoms with Crippen LogP contribution in [0.2, 0.25) is 0 Å². The lowest BCUT2D eigenvalue weighted by molar-refractivity contribution is -0.386. The number of nitrogens with one attached hydrogen (secondary N) is 1. The average molecular weight is 213 g/mol. The van der Waals surface area contributed by atoms with E-state index in [-0.39, 0.29) is 0 Å². The van der Waals surface area contributed by atoms with Gasteiger partial charge < -0.3 is 0 Å². The lowest BCUT2D eigenvalue weighted by Gasteiger charge is -2.02. The first-order valence-electron chi connectivity index (χ1n) is 4.54. The molecule has 0 radical (unpaired) electrons. The smallest absolute Gasteiger partial charge is 0.294 e. The van der Waals surface area contributed by atoms with E-state index in [4.69, 9.17) is 0 Å². The third kappa shape index (κ3) is 2.52. The molecule has 0 saturated carbocycles. The van der Waals surface area contributed by atoms with Crippen LogP contribution in [-0.4, -0.2) is 14.5 Å². The Morgan fingerprint density at radius 3 is 2.73 bits per heavy atom. The van der Waals surface area contributed by atoms with E-state index in [1.165, 1.54) is 0 Å². The minimum absolute atomic E-state index is 0.368. The van der Waals surface area contributed by atoms with Crippen molar-refractivity contribution < 1.29 is 4.92 Å². The molecule has 7 nitrogen and oxygen atoms in total. The van der Waals surface area contributed by atoms with Crippen LogP contribution in [0.25, 0.3) is 0 Å². The van der Waals surface area contributed by atoms with Gasteiger partial charge in [-0.1, -0.05) is 13.3 Å². The quantitative estimate of drug-likeness (QED) is 0.572. The maximum absolute atomic E-state index is 11.2. The molecule has 0 saturated heterocycles. The summed E-state index contributed by atoms with van der Waals surface area (Å²) in [5.41, 5.74) is -2.18. The van der Waals surface area contributed by atoms with Crippen molar-refractivity contribution in [3.63, 3.8) is 0 Å². The van der Waals surface area contributed by atoms with Gasteiger partial charge in [0.25, 0.3) is 0 Å². The number of H-pyrrole nitrogens is 1. The molecule has 0 bridgehead atoms. The van der Waals surface area contributed by atoms with Gasteiger partial charge in [0.2, 0.25) is 0 Å². The number of nitro groups is 1. The molecule has 15 heavy (non-hydrogen) atoms. The Morgan fingerprint density at radius 2 is 2.20 bits per heavy atom. The molecule has 1 N–H and O–H groups in total. The average Bonchev–Trinajstić information content (AvgIpc) is 2.16. The van der Waals surface area contributed by atoms with Crippen molar-refractivity contribution in [1.82, 2.24) is 9.55 Å². The summed E-state index contributed by atoms with van der Waals surface area (Å²) in [5.74, 6) is 0. The first-order valence-corrected chi connectivity index (χ1v) is 4.54. The summed E-state index contributed by atoms with van der Waals surface area (Å²) in [6.45, 7) is 2.30. The minimum atomic E-state index is -0.960. The van der Waals surface area contributed by atoms with Crippen LogP contribution in [0.1, 0.15) is 19.8 Å². The van der Waals surface area contributed by atoms with E-state index in [1.807, 2.05) is 11.9 Å². The van der Waals surface area contributed by atoms with Crippen LogP contribution in [0.3, 0.4) is 0 Å². The molecule has 82 valence electrons. The highest BCUT2D eigenvalue weighted by atomic mass is 16.6. The van der Waals surface area contributed by atoms with E-state index >= 15 is 0 Å². The highest BCUT2D eigenvalue weighted by molar-refractivity contribution is 5.20. The van der Waals surface area contributed by atoms with Crippen LogP contribution in [0.15, 0.2) is 15.8 Å². The first kappa shape index (κ1) is 11.2. The van der Waals surface area contributed by atoms with Gasteiger partial charge >= 0.3 is 16.9 Å². The highest BCUT2D eigenvalue weighted by Crippen LogP contribution is 2.00. The topological polar surface area (TPSA) is 98.0 Å². The molecule has 7 heteroatoms. The zero-order chi connectivity index (χ0) is 11.4. The van der Waals surface area contributed by atoms with Crippen LogP contribution in [0, 0.1) is 10.1 Å². The van der Waals surface area contributed by atoms with Crippen LogP contribution < -0.4 is 11.2 Å². The summed E-state index contributed by atoms with van der Waals surface area (Å²) >= 11 is 0. The summed E-state index contributed by atoms with van der Waals surface area (Å²) in [6.07, 6.45) is 2.57. The van der Waals surface area contributed by atoms with Gasteiger partial charge in [-0.3, -0.25) is 24.5 Å². The number of unbranched alkanes of at least 4 members (excludes halogenated alkanes) is 1. The Bertz CT molecular complexity index is 474. The second kappa shape index (κ2) is 4.54. The fraction of sp³-hybridized carbons (Fsp3) is 0.500. The fourth-order valence-corrected chi connectivity index (χ4v) is 1.12. The van der Waals surface area contributed by atoms with Crippen LogP contribution in [-0.2, 0) is 6.54 Å². The second-order valence-electron chi connectivity index (χ2n) is 3.08. The summed E-state index contributed by atoms with van der Waals surface area (Å²) in [6, 6.07) is 0. The molecule has 1 aromatic heterocycles. The molecular weight excluding hydrogens is 202 g/mol. The van der Waals surface area contributed by atoms with Gasteiger partial charge in [-0.15, -0.1) is 0 Å². The third-order valence-electron chi connectivity index (χ3n) is 1.94. The van der Waals surface area contributed by atoms with E-state index in [0.29, 0.717) is 6.54 Å². The number of aromatic nitrogens is 2. The molecule has 0 aliphatic heterocycles. The summed E-state index contributed by atoms with van der Waals surface area (Å²) < 4.78 is 1.14. The molecule has 1 rings (SSSR count). The molecule has 0 aliphatic carbocycles. The molecule has 0 unspecified atom stereocenters. The lowest BCUT2D eigenvalue weighted by atomic mass is 10.3. The SMILES string of the molecule is CCCCn1cc([N+](=O)[O-])c(=O)[nH]c1=O. The second-order valence-corrected chi connectivity index (χ2v) is 3.08. The Morgan fingerprint density at radius 1 is 1.53 bits per heavy atom. The molecule has 0 aliphatic rings. The highest BCUT2D eigenvalue weighted by Gasteiger charge is 2.14. The maximum atomic E-state index is 11.2. The van der Waals surface area contributed by atoms with Gasteiger partial charge in [0, 0.05) is 6.54 Å². The Labute approximate surface area is 84.5 Å². The van der Waals surface area contributed by atoms with Gasteiger partial charge in [0.15, 0.2) is 0 Å². The van der Waals surface area contributed by atoms with Gasteiger partial charge in [0.05, 0.1) is 11.1 Å². The van der Waals surface area contributed by atoms with E-state index in [1.54, 1.807) is 0 Å². The summed E-state index contributed by atoms with van der Waals surface area (Å²) in [5, 5.41) is 10.4. The summed E-state index contributed by atoms with van der Waals surface area (Å²) in [7, 11) is 0. The Kier molecular flexibility index (Phi) is 3.37. The number of nitrogens with zero attached hydrogens (tertiary/aromatic N) is 2. The van der Waals surface area contributed by atoms with Crippen molar-refractivity contribution in [3.05, 3.63) is 37.1 Å². The normalized spacial score (nSPS) is 10.2. The molecule has 1 heterocycles. The van der Waals surface area contributed by atoms with E-state index in [9.17, 15) is 19.7 Å². The van der Waals surface area contributed by atoms with Crippen molar-refractivity contribution in [1.29, 1.82) is 0 Å². The number of hydrogen-bond acceptors (Lipinski definition) is 4. The zero-order valence-electron chi connectivity index (χ0n) is 8.23. The fourth-order valence-electron chi connectivity index (χ4n) is 1.12. The predicted octanol–water partition coefficient (Wildman–Crippen LogP) is 0.245. The summed E-state index contributed by atoms with van der Waals surface area (Å²) in [4.78, 5) is 33.7. The van der Waals surface area contributed by atoms with Crippen LogP contribution in [0.4, 0.5) is 5.69 Å². The molecule has 0 aromatic carbocycles. The van der Waals surface area contributed by atoms with E-state index in [0.717, 1.165) is 23.6 Å². The van der Waals surface area contributed by atoms with Gasteiger partial charge in [-0.05, 0) is 6.42 Å². The maximum Gasteiger partial charge on any atom is 0.350 e. The minimum Gasteiger partial charge on any atom is -0.294 e. The van der Waals surface area contributed by atoms with Gasteiger partial charge in [-0.2, -0.15) is 0 Å². The Balaban J connectivity index is 3.18.